The summed E-state index contributed by atoms with van der Waals surface area (Å²) in [6.07, 6.45) is 0. The first kappa shape index (κ1) is 12.6. The van der Waals surface area contributed by atoms with Crippen LogP contribution in [0.25, 0.3) is 22.8 Å². The minimum absolute atomic E-state index is 0.317. The molecule has 2 aromatic carbocycles. The van der Waals surface area contributed by atoms with Crippen LogP contribution < -0.4 is 5.73 Å². The van der Waals surface area contributed by atoms with Gasteiger partial charge in [0.05, 0.1) is 10.7 Å². The molecule has 0 aliphatic heterocycles. The van der Waals surface area contributed by atoms with Crippen molar-refractivity contribution < 1.29 is 8.91 Å². The highest BCUT2D eigenvalue weighted by molar-refractivity contribution is 6.33. The first-order chi connectivity index (χ1) is 9.63. The van der Waals surface area contributed by atoms with Gasteiger partial charge in [0.1, 0.15) is 5.82 Å². The van der Waals surface area contributed by atoms with Gasteiger partial charge in [-0.2, -0.15) is 4.98 Å². The van der Waals surface area contributed by atoms with Crippen LogP contribution in [0.4, 0.5) is 10.1 Å². The number of nitrogens with zero attached hydrogens (tertiary/aromatic N) is 2. The molecular weight excluding hydrogens is 281 g/mol. The SMILES string of the molecule is Nc1ccc(-c2nc(-c3ccc(F)cc3)no2)cc1Cl. The molecule has 0 spiro atoms. The number of anilines is 1. The fourth-order valence-electron chi connectivity index (χ4n) is 1.72. The molecule has 0 bridgehead atoms. The summed E-state index contributed by atoms with van der Waals surface area (Å²) in [5.74, 6) is 0.391. The van der Waals surface area contributed by atoms with Gasteiger partial charge >= 0.3 is 0 Å². The zero-order valence-electron chi connectivity index (χ0n) is 10.2. The molecule has 0 unspecified atom stereocenters. The molecule has 0 saturated carbocycles. The summed E-state index contributed by atoms with van der Waals surface area (Å²) < 4.78 is 18.0. The number of rotatable bonds is 2. The molecular formula is C14H9ClFN3O. The van der Waals surface area contributed by atoms with Gasteiger partial charge in [-0.15, -0.1) is 0 Å². The Hall–Kier alpha value is -2.40. The Balaban J connectivity index is 1.97. The lowest BCUT2D eigenvalue weighted by Crippen LogP contribution is -1.87. The van der Waals surface area contributed by atoms with Crippen LogP contribution in [0.15, 0.2) is 47.0 Å². The minimum Gasteiger partial charge on any atom is -0.398 e. The number of halogens is 2. The van der Waals surface area contributed by atoms with E-state index >= 15 is 0 Å². The zero-order valence-corrected chi connectivity index (χ0v) is 10.9. The summed E-state index contributed by atoms with van der Waals surface area (Å²) in [6, 6.07) is 10.9. The second kappa shape index (κ2) is 4.94. The van der Waals surface area contributed by atoms with Gasteiger partial charge in [0.25, 0.3) is 5.89 Å². The molecule has 0 radical (unpaired) electrons. The normalized spacial score (nSPS) is 10.7. The van der Waals surface area contributed by atoms with Gasteiger partial charge in [-0.1, -0.05) is 16.8 Å². The Kier molecular flexibility index (Phi) is 3.12. The Labute approximate surface area is 119 Å². The minimum atomic E-state index is -0.317. The summed E-state index contributed by atoms with van der Waals surface area (Å²) in [6.45, 7) is 0. The Bertz CT molecular complexity index is 755. The van der Waals surface area contributed by atoms with Gasteiger partial charge < -0.3 is 10.3 Å². The van der Waals surface area contributed by atoms with E-state index in [4.69, 9.17) is 21.9 Å². The van der Waals surface area contributed by atoms with Crippen LogP contribution >= 0.6 is 11.6 Å². The average Bonchev–Trinajstić information content (AvgIpc) is 2.92. The van der Waals surface area contributed by atoms with Crippen molar-refractivity contribution in [1.29, 1.82) is 0 Å². The van der Waals surface area contributed by atoms with Crippen LogP contribution in [0.3, 0.4) is 0 Å². The van der Waals surface area contributed by atoms with E-state index in [-0.39, 0.29) is 5.82 Å². The molecule has 0 aliphatic carbocycles. The molecule has 3 rings (SSSR count). The molecule has 0 saturated heterocycles. The monoisotopic (exact) mass is 289 g/mol. The molecule has 20 heavy (non-hydrogen) atoms. The highest BCUT2D eigenvalue weighted by Gasteiger charge is 2.11. The van der Waals surface area contributed by atoms with Crippen LogP contribution in [-0.2, 0) is 0 Å². The van der Waals surface area contributed by atoms with Gasteiger partial charge in [-0.05, 0) is 42.5 Å². The fourth-order valence-corrected chi connectivity index (χ4v) is 1.90. The second-order valence-corrected chi connectivity index (χ2v) is 4.57. The van der Waals surface area contributed by atoms with Crippen molar-refractivity contribution in [2.24, 2.45) is 0 Å². The van der Waals surface area contributed by atoms with Gasteiger partial charge in [-0.3, -0.25) is 0 Å². The third-order valence-corrected chi connectivity index (χ3v) is 3.10. The molecule has 2 N–H and O–H groups in total. The van der Waals surface area contributed by atoms with E-state index in [1.54, 1.807) is 30.3 Å². The predicted octanol–water partition coefficient (Wildman–Crippen LogP) is 3.78. The van der Waals surface area contributed by atoms with Crippen molar-refractivity contribution in [3.05, 3.63) is 53.3 Å². The molecule has 3 aromatic rings. The van der Waals surface area contributed by atoms with E-state index < -0.39 is 0 Å². The summed E-state index contributed by atoms with van der Waals surface area (Å²) in [5, 5.41) is 4.28. The van der Waals surface area contributed by atoms with Crippen LogP contribution in [0.1, 0.15) is 0 Å². The van der Waals surface area contributed by atoms with Crippen LogP contribution in [0, 0.1) is 5.82 Å². The summed E-state index contributed by atoms with van der Waals surface area (Å²) >= 11 is 5.95. The highest BCUT2D eigenvalue weighted by atomic mass is 35.5. The van der Waals surface area contributed by atoms with E-state index in [1.807, 2.05) is 0 Å². The number of hydrogen-bond donors (Lipinski definition) is 1. The third kappa shape index (κ3) is 2.35. The first-order valence-electron chi connectivity index (χ1n) is 5.78. The molecule has 4 nitrogen and oxygen atoms in total. The molecule has 0 aliphatic rings. The lowest BCUT2D eigenvalue weighted by atomic mass is 10.2. The van der Waals surface area contributed by atoms with Gasteiger partial charge in [0, 0.05) is 11.1 Å². The molecule has 1 heterocycles. The third-order valence-electron chi connectivity index (χ3n) is 2.78. The predicted molar refractivity (Wildman–Crippen MR) is 74.6 cm³/mol. The number of hydrogen-bond acceptors (Lipinski definition) is 4. The van der Waals surface area contributed by atoms with Crippen molar-refractivity contribution in [1.82, 2.24) is 10.1 Å². The Morgan fingerprint density at radius 1 is 1.05 bits per heavy atom. The van der Waals surface area contributed by atoms with Crippen molar-refractivity contribution in [3.8, 4) is 22.8 Å². The maximum absolute atomic E-state index is 12.9. The fraction of sp³-hybridized carbons (Fsp3) is 0. The second-order valence-electron chi connectivity index (χ2n) is 4.17. The number of nitrogen functional groups attached to an aromatic ring is 1. The lowest BCUT2D eigenvalue weighted by Gasteiger charge is -1.98. The van der Waals surface area contributed by atoms with Crippen LogP contribution in [0.5, 0.6) is 0 Å². The molecule has 0 amide bonds. The average molecular weight is 290 g/mol. The number of benzene rings is 2. The molecule has 0 atom stereocenters. The lowest BCUT2D eigenvalue weighted by molar-refractivity contribution is 0.432. The van der Waals surface area contributed by atoms with E-state index in [0.717, 1.165) is 0 Å². The standard InChI is InChI=1S/C14H9ClFN3O/c15-11-7-9(3-6-12(11)17)14-18-13(19-20-14)8-1-4-10(16)5-2-8/h1-7H,17H2. The number of nitrogens with two attached hydrogens (primary N) is 1. The highest BCUT2D eigenvalue weighted by Crippen LogP contribution is 2.27. The summed E-state index contributed by atoms with van der Waals surface area (Å²) in [7, 11) is 0. The molecule has 100 valence electrons. The van der Waals surface area contributed by atoms with E-state index in [0.29, 0.717) is 33.6 Å². The van der Waals surface area contributed by atoms with Crippen molar-refractivity contribution in [2.45, 2.75) is 0 Å². The topological polar surface area (TPSA) is 64.9 Å². The van der Waals surface area contributed by atoms with Gasteiger partial charge in [0.2, 0.25) is 5.82 Å². The van der Waals surface area contributed by atoms with Crippen molar-refractivity contribution in [2.75, 3.05) is 5.73 Å². The van der Waals surface area contributed by atoms with Gasteiger partial charge in [-0.25, -0.2) is 4.39 Å². The summed E-state index contributed by atoms with van der Waals surface area (Å²) in [5.41, 5.74) is 7.46. The van der Waals surface area contributed by atoms with E-state index in [9.17, 15) is 4.39 Å². The van der Waals surface area contributed by atoms with Gasteiger partial charge in [0.15, 0.2) is 0 Å². The van der Waals surface area contributed by atoms with Crippen molar-refractivity contribution >= 4 is 17.3 Å². The van der Waals surface area contributed by atoms with Crippen LogP contribution in [-0.4, -0.2) is 10.1 Å². The smallest absolute Gasteiger partial charge is 0.258 e. The molecule has 1 aromatic heterocycles. The number of aromatic nitrogens is 2. The summed E-state index contributed by atoms with van der Waals surface area (Å²) in [4.78, 5) is 4.25. The first-order valence-corrected chi connectivity index (χ1v) is 6.16. The van der Waals surface area contributed by atoms with E-state index in [2.05, 4.69) is 10.1 Å². The Morgan fingerprint density at radius 3 is 2.45 bits per heavy atom. The largest absolute Gasteiger partial charge is 0.398 e. The Morgan fingerprint density at radius 2 is 1.75 bits per heavy atom. The zero-order chi connectivity index (χ0) is 14.1. The maximum atomic E-state index is 12.9. The molecule has 0 fully saturated rings. The molecule has 6 heteroatoms. The van der Waals surface area contributed by atoms with Crippen LogP contribution in [0.2, 0.25) is 5.02 Å². The van der Waals surface area contributed by atoms with Crippen molar-refractivity contribution in [3.63, 3.8) is 0 Å². The van der Waals surface area contributed by atoms with E-state index in [1.165, 1.54) is 12.1 Å². The maximum Gasteiger partial charge on any atom is 0.258 e. The quantitative estimate of drug-likeness (QED) is 0.729.